The van der Waals surface area contributed by atoms with Gasteiger partial charge < -0.3 is 24.9 Å². The third-order valence-corrected chi connectivity index (χ3v) is 9.79. The number of aromatic amines is 1. The van der Waals surface area contributed by atoms with Crippen molar-refractivity contribution in [3.8, 4) is 16.8 Å². The summed E-state index contributed by atoms with van der Waals surface area (Å²) in [6.45, 7) is 1.41. The minimum Gasteiger partial charge on any atom is -0.480 e. The zero-order valence-electron chi connectivity index (χ0n) is 28.3. The van der Waals surface area contributed by atoms with Gasteiger partial charge in [0.2, 0.25) is 0 Å². The molecule has 1 aliphatic rings. The molecule has 1 aliphatic heterocycles. The number of rotatable bonds is 11. The second-order valence-corrected chi connectivity index (χ2v) is 13.4. The average molecular weight is 752 g/mol. The number of anilines is 1. The smallest absolute Gasteiger partial charge is 0.333 e. The molecule has 3 aromatic heterocycles. The molecule has 1 fully saturated rings. The first-order valence-corrected chi connectivity index (χ1v) is 17.6. The summed E-state index contributed by atoms with van der Waals surface area (Å²) in [5, 5.41) is 12.3. The molecule has 16 heteroatoms. The van der Waals surface area contributed by atoms with Crippen molar-refractivity contribution in [2.45, 2.75) is 36.1 Å². The molecule has 0 spiro atoms. The van der Waals surface area contributed by atoms with Crippen LogP contribution in [-0.4, -0.2) is 60.7 Å². The summed E-state index contributed by atoms with van der Waals surface area (Å²) in [4.78, 5) is 66.9. The number of carbonyl (C=O) groups excluding carboxylic acids is 1. The van der Waals surface area contributed by atoms with Crippen molar-refractivity contribution < 1.29 is 28.2 Å². The van der Waals surface area contributed by atoms with Crippen molar-refractivity contribution in [2.75, 3.05) is 17.9 Å². The Morgan fingerprint density at radius 3 is 2.37 bits per heavy atom. The Morgan fingerprint density at radius 1 is 0.944 bits per heavy atom. The molecule has 0 saturated carbocycles. The Kier molecular flexibility index (Phi) is 10.5. The van der Waals surface area contributed by atoms with Crippen LogP contribution in [0, 0.1) is 11.6 Å². The SMILES string of the molecule is O=C(N[C@@H](Cc1ccc(-n2c(=O)[nH]c3cnccc3c2=O)cc1)C(=O)O)c1cc(F)c(NSc2ccc(-c3cnc(C4CCOCC4)nc3)cc2)cc1F. The highest BCUT2D eigenvalue weighted by molar-refractivity contribution is 8.00. The van der Waals surface area contributed by atoms with E-state index in [0.29, 0.717) is 29.7 Å². The molecule has 7 rings (SSSR count). The van der Waals surface area contributed by atoms with E-state index in [4.69, 9.17) is 4.74 Å². The van der Waals surface area contributed by atoms with Gasteiger partial charge in [-0.2, -0.15) is 0 Å². The van der Waals surface area contributed by atoms with Crippen LogP contribution in [0.2, 0.25) is 0 Å². The average Bonchev–Trinajstić information content (AvgIpc) is 3.19. The van der Waals surface area contributed by atoms with Crippen LogP contribution in [-0.2, 0) is 16.0 Å². The lowest BCUT2D eigenvalue weighted by Gasteiger charge is -2.20. The molecule has 4 N–H and O–H groups in total. The van der Waals surface area contributed by atoms with E-state index in [2.05, 4.69) is 30.0 Å². The van der Waals surface area contributed by atoms with Gasteiger partial charge in [0.15, 0.2) is 0 Å². The number of benzene rings is 3. The van der Waals surface area contributed by atoms with Crippen LogP contribution in [0.25, 0.3) is 27.7 Å². The Morgan fingerprint density at radius 2 is 1.67 bits per heavy atom. The number of aliphatic carboxylic acids is 1. The molecule has 4 heterocycles. The first-order chi connectivity index (χ1) is 26.1. The summed E-state index contributed by atoms with van der Waals surface area (Å²) in [5.41, 5.74) is 0.504. The number of hydrogen-bond donors (Lipinski definition) is 4. The van der Waals surface area contributed by atoms with E-state index in [0.717, 1.165) is 52.4 Å². The predicted octanol–water partition coefficient (Wildman–Crippen LogP) is 5.25. The zero-order chi connectivity index (χ0) is 37.8. The lowest BCUT2D eigenvalue weighted by molar-refractivity contribution is -0.139. The summed E-state index contributed by atoms with van der Waals surface area (Å²) >= 11 is 1.03. The van der Waals surface area contributed by atoms with Crippen LogP contribution in [0.1, 0.15) is 40.5 Å². The van der Waals surface area contributed by atoms with Crippen LogP contribution in [0.15, 0.2) is 106 Å². The van der Waals surface area contributed by atoms with Crippen LogP contribution in [0.4, 0.5) is 14.5 Å². The van der Waals surface area contributed by atoms with Gasteiger partial charge in [0.25, 0.3) is 11.5 Å². The number of halogens is 2. The number of carboxylic acid groups (broad SMARTS) is 1. The number of hydrogen-bond acceptors (Lipinski definition) is 10. The van der Waals surface area contributed by atoms with E-state index in [9.17, 15) is 24.3 Å². The molecule has 1 atom stereocenters. The van der Waals surface area contributed by atoms with E-state index in [1.807, 2.05) is 12.1 Å². The van der Waals surface area contributed by atoms with Crippen molar-refractivity contribution >= 4 is 40.4 Å². The molecular weight excluding hydrogens is 721 g/mol. The fourth-order valence-corrected chi connectivity index (χ4v) is 6.69. The number of aromatic nitrogens is 5. The Bertz CT molecular complexity index is 2450. The van der Waals surface area contributed by atoms with Gasteiger partial charge in [-0.15, -0.1) is 0 Å². The molecule has 0 bridgehead atoms. The fourth-order valence-electron chi connectivity index (χ4n) is 6.03. The molecule has 6 aromatic rings. The predicted molar refractivity (Wildman–Crippen MR) is 197 cm³/mol. The van der Waals surface area contributed by atoms with Gasteiger partial charge >= 0.3 is 11.7 Å². The maximum Gasteiger partial charge on any atom is 0.333 e. The molecule has 0 radical (unpaired) electrons. The number of carboxylic acids is 1. The summed E-state index contributed by atoms with van der Waals surface area (Å²) < 4.78 is 39.3. The maximum absolute atomic E-state index is 15.1. The number of ether oxygens (including phenoxy) is 1. The third-order valence-electron chi connectivity index (χ3n) is 8.96. The second kappa shape index (κ2) is 15.8. The van der Waals surface area contributed by atoms with E-state index in [1.165, 1.54) is 42.7 Å². The topological polar surface area (TPSA) is 181 Å². The molecule has 54 heavy (non-hydrogen) atoms. The van der Waals surface area contributed by atoms with E-state index in [1.54, 1.807) is 24.5 Å². The van der Waals surface area contributed by atoms with E-state index >= 15 is 8.78 Å². The Balaban J connectivity index is 0.972. The van der Waals surface area contributed by atoms with Gasteiger partial charge in [0, 0.05) is 60.7 Å². The van der Waals surface area contributed by atoms with Crippen molar-refractivity contribution in [3.63, 3.8) is 0 Å². The summed E-state index contributed by atoms with van der Waals surface area (Å²) in [6, 6.07) is 14.7. The minimum absolute atomic E-state index is 0.217. The van der Waals surface area contributed by atoms with Gasteiger partial charge in [-0.05, 0) is 72.3 Å². The zero-order valence-corrected chi connectivity index (χ0v) is 29.1. The lowest BCUT2D eigenvalue weighted by Crippen LogP contribution is -2.42. The molecule has 1 saturated heterocycles. The highest BCUT2D eigenvalue weighted by atomic mass is 32.2. The van der Waals surface area contributed by atoms with E-state index in [-0.39, 0.29) is 34.6 Å². The fraction of sp³-hybridized carbons (Fsp3) is 0.184. The van der Waals surface area contributed by atoms with Crippen LogP contribution in [0.3, 0.4) is 0 Å². The Hall–Kier alpha value is -6.26. The number of carbonyl (C=O) groups is 2. The number of amides is 1. The summed E-state index contributed by atoms with van der Waals surface area (Å²) in [7, 11) is 0. The highest BCUT2D eigenvalue weighted by Gasteiger charge is 2.25. The highest BCUT2D eigenvalue weighted by Crippen LogP contribution is 2.29. The Labute approximate surface area is 309 Å². The van der Waals surface area contributed by atoms with Crippen LogP contribution < -0.4 is 21.3 Å². The van der Waals surface area contributed by atoms with Crippen LogP contribution in [0.5, 0.6) is 0 Å². The quantitative estimate of drug-likeness (QED) is 0.127. The third kappa shape index (κ3) is 7.89. The standard InChI is InChI=1S/C38H31F2N7O6S/c39-29-17-31(46-54-26-7-3-22(4-8-26)24-18-42-34(43-19-24)23-10-13-53-14-11-23)30(40)16-28(29)35(48)44-32(37(50)51)15-21-1-5-25(6-2-21)47-36(49)27-9-12-41-20-33(27)45-38(47)52/h1-9,12,16-20,23,32,46H,10-11,13-15H2,(H,44,48)(H,45,52)(H,50,51)/t32-/m0/s1. The van der Waals surface area contributed by atoms with Gasteiger partial charge in [0.1, 0.15) is 23.5 Å². The molecule has 13 nitrogen and oxygen atoms in total. The molecule has 3 aromatic carbocycles. The minimum atomic E-state index is -1.52. The number of pyridine rings is 1. The number of nitrogens with one attached hydrogen (secondary N) is 3. The monoisotopic (exact) mass is 751 g/mol. The van der Waals surface area contributed by atoms with Crippen molar-refractivity contribution in [1.82, 2.24) is 29.8 Å². The first-order valence-electron chi connectivity index (χ1n) is 16.8. The van der Waals surface area contributed by atoms with Gasteiger partial charge in [-0.25, -0.2) is 32.9 Å². The van der Waals surface area contributed by atoms with E-state index < -0.39 is 46.4 Å². The molecule has 0 aliphatic carbocycles. The van der Waals surface area contributed by atoms with Crippen LogP contribution >= 0.6 is 11.9 Å². The maximum atomic E-state index is 15.1. The van der Waals surface area contributed by atoms with Crippen molar-refractivity contribution in [2.24, 2.45) is 0 Å². The second-order valence-electron chi connectivity index (χ2n) is 12.5. The molecule has 1 amide bonds. The molecule has 274 valence electrons. The summed E-state index contributed by atoms with van der Waals surface area (Å²) in [5.74, 6) is -3.44. The molecule has 0 unspecified atom stereocenters. The normalized spacial score (nSPS) is 13.7. The van der Waals surface area contributed by atoms with Gasteiger partial charge in [0.05, 0.1) is 34.0 Å². The van der Waals surface area contributed by atoms with Crippen molar-refractivity contribution in [1.29, 1.82) is 0 Å². The van der Waals surface area contributed by atoms with Crippen molar-refractivity contribution in [3.05, 3.63) is 141 Å². The molecular formula is C38H31F2N7O6S. The largest absolute Gasteiger partial charge is 0.480 e. The van der Waals surface area contributed by atoms with Gasteiger partial charge in [-0.1, -0.05) is 24.3 Å². The lowest BCUT2D eigenvalue weighted by atomic mass is 9.99. The number of nitrogens with zero attached hydrogens (tertiary/aromatic N) is 4. The van der Waals surface area contributed by atoms with Gasteiger partial charge in [-0.3, -0.25) is 14.6 Å². The number of fused-ring (bicyclic) bond motifs is 1. The number of H-pyrrole nitrogens is 1. The summed E-state index contributed by atoms with van der Waals surface area (Å²) in [6.07, 6.45) is 7.91. The first kappa shape index (κ1) is 36.1.